The Balaban J connectivity index is 1.42. The van der Waals surface area contributed by atoms with E-state index in [-0.39, 0.29) is 35.0 Å². The maximum atomic E-state index is 13.7. The Labute approximate surface area is 306 Å². The zero-order chi connectivity index (χ0) is 36.6. The Morgan fingerprint density at radius 1 is 0.673 bits per heavy atom. The van der Waals surface area contributed by atoms with E-state index in [1.165, 1.54) is 4.90 Å². The number of nitrogens with one attached hydrogen (secondary N) is 1. The zero-order valence-electron chi connectivity index (χ0n) is 28.4. The molecule has 0 spiro atoms. The molecule has 4 aromatic rings. The van der Waals surface area contributed by atoms with Crippen molar-refractivity contribution in [3.63, 3.8) is 0 Å². The van der Waals surface area contributed by atoms with Crippen molar-refractivity contribution in [2.75, 3.05) is 13.2 Å². The van der Waals surface area contributed by atoms with Gasteiger partial charge in [0.2, 0.25) is 0 Å². The highest BCUT2D eigenvalue weighted by molar-refractivity contribution is 7.80. The molecule has 266 valence electrons. The molecule has 0 amide bonds. The predicted molar refractivity (Wildman–Crippen MR) is 193 cm³/mol. The fourth-order valence-electron chi connectivity index (χ4n) is 6.10. The number of carbonyl (C=O) groups excluding carboxylic acids is 4. The Hall–Kier alpha value is -5.85. The third-order valence-corrected chi connectivity index (χ3v) is 8.90. The first kappa shape index (κ1) is 36.0. The molecule has 0 unspecified atom stereocenters. The average molecular weight is 721 g/mol. The molecule has 1 N–H and O–H groups in total. The standard InChI is InChI=1S/C40H36N2O9S/c1-3-47-39(46)31-25(2)42(40(52)41-32(31)26-16-8-4-9-17-26)35-34(51-38(45)29-22-14-7-15-23-29)33(50-37(44)28-20-12-6-13-21-28)30(49-35)24-48-36(43)27-18-10-5-11-19-27/h4-23,30,32-35H,3,24H2,1-2H3,(H,41,52)/t30-,32+,33+,34+,35+/m0/s1. The summed E-state index contributed by atoms with van der Waals surface area (Å²) < 4.78 is 29.9. The van der Waals surface area contributed by atoms with Crippen molar-refractivity contribution >= 4 is 41.2 Å². The van der Waals surface area contributed by atoms with Gasteiger partial charge in [-0.2, -0.15) is 0 Å². The predicted octanol–water partition coefficient (Wildman–Crippen LogP) is 5.79. The van der Waals surface area contributed by atoms with Crippen molar-refractivity contribution in [3.8, 4) is 0 Å². The van der Waals surface area contributed by atoms with Gasteiger partial charge in [-0.25, -0.2) is 19.2 Å². The van der Waals surface area contributed by atoms with E-state index < -0.39 is 54.5 Å². The number of esters is 4. The fraction of sp³-hybridized carbons (Fsp3) is 0.225. The van der Waals surface area contributed by atoms with Crippen molar-refractivity contribution in [1.29, 1.82) is 0 Å². The van der Waals surface area contributed by atoms with Gasteiger partial charge in [-0.3, -0.25) is 4.90 Å². The van der Waals surface area contributed by atoms with Crippen molar-refractivity contribution in [2.45, 2.75) is 44.4 Å². The van der Waals surface area contributed by atoms with Crippen molar-refractivity contribution in [2.24, 2.45) is 0 Å². The Morgan fingerprint density at radius 2 is 1.15 bits per heavy atom. The van der Waals surface area contributed by atoms with Crippen LogP contribution in [0.1, 0.15) is 56.5 Å². The van der Waals surface area contributed by atoms with Crippen molar-refractivity contribution in [1.82, 2.24) is 10.2 Å². The van der Waals surface area contributed by atoms with E-state index in [0.717, 1.165) is 5.56 Å². The molecule has 4 aromatic carbocycles. The van der Waals surface area contributed by atoms with Crippen LogP contribution in [0.5, 0.6) is 0 Å². The molecule has 2 heterocycles. The van der Waals surface area contributed by atoms with Gasteiger partial charge in [0.15, 0.2) is 23.5 Å². The van der Waals surface area contributed by atoms with Gasteiger partial charge in [0.25, 0.3) is 0 Å². The second-order valence-corrected chi connectivity index (χ2v) is 12.3. The molecule has 0 aliphatic carbocycles. The first-order valence-electron chi connectivity index (χ1n) is 16.7. The number of nitrogens with zero attached hydrogens (tertiary/aromatic N) is 1. The van der Waals surface area contributed by atoms with Crippen LogP contribution in [0.2, 0.25) is 0 Å². The molecule has 0 radical (unpaired) electrons. The summed E-state index contributed by atoms with van der Waals surface area (Å²) in [4.78, 5) is 55.4. The maximum absolute atomic E-state index is 13.7. The number of carbonyl (C=O) groups is 4. The molecule has 0 saturated carbocycles. The Kier molecular flexibility index (Phi) is 11.4. The molecule has 6 rings (SSSR count). The summed E-state index contributed by atoms with van der Waals surface area (Å²) >= 11 is 5.91. The van der Waals surface area contributed by atoms with E-state index in [4.69, 9.17) is 35.9 Å². The van der Waals surface area contributed by atoms with Crippen LogP contribution in [-0.2, 0) is 28.5 Å². The van der Waals surface area contributed by atoms with Crippen LogP contribution in [0.4, 0.5) is 0 Å². The average Bonchev–Trinajstić information content (AvgIpc) is 3.50. The van der Waals surface area contributed by atoms with E-state index in [9.17, 15) is 19.2 Å². The monoisotopic (exact) mass is 720 g/mol. The lowest BCUT2D eigenvalue weighted by Gasteiger charge is -2.41. The van der Waals surface area contributed by atoms with E-state index in [2.05, 4.69) is 5.32 Å². The molecule has 1 fully saturated rings. The van der Waals surface area contributed by atoms with Crippen LogP contribution in [0, 0.1) is 0 Å². The third-order valence-electron chi connectivity index (χ3n) is 8.59. The molecule has 2 aliphatic rings. The van der Waals surface area contributed by atoms with Gasteiger partial charge in [-0.05, 0) is 68.0 Å². The Morgan fingerprint density at radius 3 is 1.67 bits per heavy atom. The molecule has 0 aromatic heterocycles. The second-order valence-electron chi connectivity index (χ2n) is 11.9. The molecular weight excluding hydrogens is 685 g/mol. The van der Waals surface area contributed by atoms with Crippen LogP contribution in [0.3, 0.4) is 0 Å². The topological polar surface area (TPSA) is 130 Å². The smallest absolute Gasteiger partial charge is 0.338 e. The highest BCUT2D eigenvalue weighted by Gasteiger charge is 2.55. The molecule has 52 heavy (non-hydrogen) atoms. The van der Waals surface area contributed by atoms with Crippen LogP contribution in [0.25, 0.3) is 0 Å². The van der Waals surface area contributed by atoms with Crippen molar-refractivity contribution in [3.05, 3.63) is 155 Å². The minimum Gasteiger partial charge on any atom is -0.463 e. The first-order valence-corrected chi connectivity index (χ1v) is 17.1. The minimum absolute atomic E-state index is 0.116. The number of rotatable bonds is 11. The summed E-state index contributed by atoms with van der Waals surface area (Å²) in [5.74, 6) is -2.68. The summed E-state index contributed by atoms with van der Waals surface area (Å²) in [5.41, 5.74) is 2.13. The molecule has 2 aliphatic heterocycles. The molecular formula is C40H36N2O9S. The highest BCUT2D eigenvalue weighted by atomic mass is 32.1. The highest BCUT2D eigenvalue weighted by Crippen LogP contribution is 2.38. The maximum Gasteiger partial charge on any atom is 0.338 e. The van der Waals surface area contributed by atoms with Crippen LogP contribution >= 0.6 is 12.2 Å². The number of hydrogen-bond donors (Lipinski definition) is 1. The molecule has 11 nitrogen and oxygen atoms in total. The van der Waals surface area contributed by atoms with E-state index in [1.807, 2.05) is 30.3 Å². The van der Waals surface area contributed by atoms with Gasteiger partial charge in [0, 0.05) is 5.70 Å². The number of allylic oxidation sites excluding steroid dienone is 1. The SMILES string of the molecule is CCOC(=O)C1=C(C)N([C@@H]2O[C@@H](COC(=O)c3ccccc3)[C@@H](OC(=O)c3ccccc3)[C@H]2OC(=O)c2ccccc2)C(=S)N[C@@H]1c1ccccc1. The lowest BCUT2D eigenvalue weighted by Crippen LogP contribution is -2.56. The number of benzene rings is 4. The zero-order valence-corrected chi connectivity index (χ0v) is 29.2. The summed E-state index contributed by atoms with van der Waals surface area (Å²) in [5, 5.41) is 3.38. The molecule has 5 atom stereocenters. The number of ether oxygens (including phenoxy) is 5. The summed E-state index contributed by atoms with van der Waals surface area (Å²) in [6, 6.07) is 33.5. The summed E-state index contributed by atoms with van der Waals surface area (Å²) in [7, 11) is 0. The first-order chi connectivity index (χ1) is 25.3. The molecule has 0 bridgehead atoms. The summed E-state index contributed by atoms with van der Waals surface area (Å²) in [6.07, 6.45) is -5.05. The van der Waals surface area contributed by atoms with Crippen LogP contribution < -0.4 is 5.32 Å². The van der Waals surface area contributed by atoms with Gasteiger partial charge in [0.1, 0.15) is 12.7 Å². The van der Waals surface area contributed by atoms with Gasteiger partial charge in [-0.1, -0.05) is 84.9 Å². The normalized spacial score (nSPS) is 21.2. The number of hydrogen-bond acceptors (Lipinski definition) is 10. The molecule has 12 heteroatoms. The Bertz CT molecular complexity index is 1940. The lowest BCUT2D eigenvalue weighted by molar-refractivity contribution is -0.139. The molecule has 1 saturated heterocycles. The van der Waals surface area contributed by atoms with Gasteiger partial charge in [0.05, 0.1) is 34.9 Å². The lowest BCUT2D eigenvalue weighted by atomic mass is 9.94. The third kappa shape index (κ3) is 7.88. The van der Waals surface area contributed by atoms with Gasteiger partial charge >= 0.3 is 23.9 Å². The van der Waals surface area contributed by atoms with Gasteiger partial charge < -0.3 is 29.0 Å². The summed E-state index contributed by atoms with van der Waals surface area (Å²) in [6.45, 7) is 3.12. The number of thiocarbonyl (C=S) groups is 1. The minimum atomic E-state index is -1.34. The van der Waals surface area contributed by atoms with Crippen LogP contribution in [0.15, 0.2) is 133 Å². The van der Waals surface area contributed by atoms with Gasteiger partial charge in [-0.15, -0.1) is 0 Å². The van der Waals surface area contributed by atoms with E-state index in [1.54, 1.807) is 105 Å². The fourth-order valence-corrected chi connectivity index (χ4v) is 6.46. The van der Waals surface area contributed by atoms with Crippen LogP contribution in [-0.4, -0.2) is 71.6 Å². The quantitative estimate of drug-likeness (QED) is 0.114. The van der Waals surface area contributed by atoms with E-state index in [0.29, 0.717) is 11.3 Å². The second kappa shape index (κ2) is 16.4. The van der Waals surface area contributed by atoms with E-state index >= 15 is 0 Å². The van der Waals surface area contributed by atoms with Crippen molar-refractivity contribution < 1.29 is 42.9 Å². The largest absolute Gasteiger partial charge is 0.463 e.